The van der Waals surface area contributed by atoms with Crippen LogP contribution in [0.2, 0.25) is 0 Å². The van der Waals surface area contributed by atoms with Crippen LogP contribution in [0.25, 0.3) is 0 Å². The minimum absolute atomic E-state index is 0.189. The highest BCUT2D eigenvalue weighted by Crippen LogP contribution is 2.06. The summed E-state index contributed by atoms with van der Waals surface area (Å²) in [7, 11) is 0. The minimum atomic E-state index is -0.737. The molecule has 0 fully saturated rings. The predicted molar refractivity (Wildman–Crippen MR) is 30.4 cm³/mol. The Hall–Kier alpha value is -1.72. The van der Waals surface area contributed by atoms with Crippen molar-refractivity contribution >= 4 is 5.95 Å². The zero-order valence-corrected chi connectivity index (χ0v) is 4.76. The Morgan fingerprint density at radius 2 is 2.00 bits per heavy atom. The van der Waals surface area contributed by atoms with Crippen molar-refractivity contribution in [3.63, 3.8) is 0 Å². The maximum absolute atomic E-state index is 9.91. The number of aromatic nitrogens is 2. The first-order valence-electron chi connectivity index (χ1n) is 2.35. The van der Waals surface area contributed by atoms with E-state index in [-0.39, 0.29) is 5.75 Å². The molecule has 52 valence electrons. The molecular weight excluding hydrogens is 138 g/mol. The topological polar surface area (TPSA) is 89.2 Å². The van der Waals surface area contributed by atoms with Gasteiger partial charge >= 0.3 is 5.95 Å². The highest BCUT2D eigenvalue weighted by Gasteiger charge is 2.06. The second-order valence-corrected chi connectivity index (χ2v) is 1.50. The van der Waals surface area contributed by atoms with E-state index < -0.39 is 10.9 Å². The number of nitro groups is 1. The Morgan fingerprint density at radius 1 is 1.50 bits per heavy atom. The lowest BCUT2D eigenvalue weighted by Crippen LogP contribution is -1.93. The zero-order valence-electron chi connectivity index (χ0n) is 4.76. The molecule has 0 aromatic carbocycles. The van der Waals surface area contributed by atoms with Gasteiger partial charge in [-0.3, -0.25) is 0 Å². The van der Waals surface area contributed by atoms with Crippen LogP contribution in [0.3, 0.4) is 0 Å². The molecule has 1 aromatic heterocycles. The van der Waals surface area contributed by atoms with Crippen molar-refractivity contribution in [2.24, 2.45) is 0 Å². The third kappa shape index (κ3) is 1.16. The van der Waals surface area contributed by atoms with Crippen LogP contribution in [0.1, 0.15) is 0 Å². The van der Waals surface area contributed by atoms with Gasteiger partial charge < -0.3 is 15.2 Å². The van der Waals surface area contributed by atoms with E-state index in [0.29, 0.717) is 0 Å². The molecule has 0 saturated carbocycles. The lowest BCUT2D eigenvalue weighted by Gasteiger charge is -1.88. The number of hydrogen-bond acceptors (Lipinski definition) is 5. The van der Waals surface area contributed by atoms with Gasteiger partial charge in [-0.1, -0.05) is 9.97 Å². The van der Waals surface area contributed by atoms with Crippen molar-refractivity contribution < 1.29 is 10.0 Å². The Bertz CT molecular complexity index is 244. The van der Waals surface area contributed by atoms with Gasteiger partial charge in [0.15, 0.2) is 18.1 Å². The molecule has 0 bridgehead atoms. The molecule has 0 spiro atoms. The molecule has 0 aliphatic heterocycles. The van der Waals surface area contributed by atoms with Crippen LogP contribution < -0.4 is 0 Å². The summed E-state index contributed by atoms with van der Waals surface area (Å²) in [6, 6.07) is 0. The predicted octanol–water partition coefficient (Wildman–Crippen LogP) is 0.0904. The highest BCUT2D eigenvalue weighted by molar-refractivity contribution is 5.14. The van der Waals surface area contributed by atoms with Gasteiger partial charge in [-0.25, -0.2) is 0 Å². The normalized spacial score (nSPS) is 9.20. The van der Waals surface area contributed by atoms with E-state index in [0.717, 1.165) is 12.4 Å². The standard InChI is InChI=1S/C4H3N3O3/c8-3-1-5-4(6-2-3)7(9)10/h1-2,8H. The molecule has 0 radical (unpaired) electrons. The van der Waals surface area contributed by atoms with Crippen LogP contribution in [-0.4, -0.2) is 20.0 Å². The van der Waals surface area contributed by atoms with E-state index in [1.165, 1.54) is 0 Å². The number of aromatic hydroxyl groups is 1. The first-order chi connectivity index (χ1) is 4.70. The SMILES string of the molecule is O=[N+]([O-])c1ncc(O)cn1. The van der Waals surface area contributed by atoms with Crippen LogP contribution >= 0.6 is 0 Å². The summed E-state index contributed by atoms with van der Waals surface area (Å²) >= 11 is 0. The van der Waals surface area contributed by atoms with E-state index in [1.54, 1.807) is 0 Å². The van der Waals surface area contributed by atoms with Crippen LogP contribution in [0.5, 0.6) is 5.75 Å². The third-order valence-corrected chi connectivity index (χ3v) is 0.788. The Kier molecular flexibility index (Phi) is 1.44. The van der Waals surface area contributed by atoms with Gasteiger partial charge in [0.1, 0.15) is 0 Å². The summed E-state index contributed by atoms with van der Waals surface area (Å²) in [4.78, 5) is 15.6. The monoisotopic (exact) mass is 141 g/mol. The van der Waals surface area contributed by atoms with Crippen molar-refractivity contribution in [3.05, 3.63) is 22.5 Å². The molecule has 0 aliphatic carbocycles. The fraction of sp³-hybridized carbons (Fsp3) is 0. The van der Waals surface area contributed by atoms with Gasteiger partial charge in [0, 0.05) is 0 Å². The minimum Gasteiger partial charge on any atom is -0.503 e. The van der Waals surface area contributed by atoms with Crippen LogP contribution in [0, 0.1) is 10.1 Å². The Morgan fingerprint density at radius 3 is 2.40 bits per heavy atom. The first-order valence-corrected chi connectivity index (χ1v) is 2.35. The molecule has 0 atom stereocenters. The van der Waals surface area contributed by atoms with Crippen molar-refractivity contribution in [3.8, 4) is 5.75 Å². The van der Waals surface area contributed by atoms with Crippen molar-refractivity contribution in [2.45, 2.75) is 0 Å². The lowest BCUT2D eigenvalue weighted by molar-refractivity contribution is -0.394. The summed E-state index contributed by atoms with van der Waals surface area (Å²) in [5, 5.41) is 18.5. The zero-order chi connectivity index (χ0) is 7.56. The van der Waals surface area contributed by atoms with E-state index >= 15 is 0 Å². The lowest BCUT2D eigenvalue weighted by atomic mass is 10.6. The van der Waals surface area contributed by atoms with Crippen LogP contribution in [0.4, 0.5) is 5.95 Å². The molecule has 1 aromatic rings. The summed E-state index contributed by atoms with van der Waals surface area (Å²) < 4.78 is 0. The van der Waals surface area contributed by atoms with E-state index in [4.69, 9.17) is 5.11 Å². The number of nitrogens with zero attached hydrogens (tertiary/aromatic N) is 3. The molecule has 6 heteroatoms. The molecule has 0 saturated heterocycles. The van der Waals surface area contributed by atoms with E-state index in [9.17, 15) is 10.1 Å². The first kappa shape index (κ1) is 6.40. The molecule has 1 rings (SSSR count). The van der Waals surface area contributed by atoms with Crippen LogP contribution in [0.15, 0.2) is 12.4 Å². The smallest absolute Gasteiger partial charge is 0.468 e. The summed E-state index contributed by atoms with van der Waals surface area (Å²) in [6.45, 7) is 0. The fourth-order valence-corrected chi connectivity index (χ4v) is 0.409. The van der Waals surface area contributed by atoms with Crippen molar-refractivity contribution in [1.29, 1.82) is 0 Å². The van der Waals surface area contributed by atoms with Gasteiger partial charge in [-0.15, -0.1) is 0 Å². The average Bonchev–Trinajstić information content (AvgIpc) is 1.88. The molecule has 1 N–H and O–H groups in total. The summed E-state index contributed by atoms with van der Waals surface area (Å²) in [6.07, 6.45) is 1.93. The molecular formula is C4H3N3O3. The largest absolute Gasteiger partial charge is 0.503 e. The summed E-state index contributed by atoms with van der Waals surface area (Å²) in [5.41, 5.74) is 0. The second kappa shape index (κ2) is 2.26. The van der Waals surface area contributed by atoms with Gasteiger partial charge in [-0.05, 0) is 4.92 Å². The molecule has 10 heavy (non-hydrogen) atoms. The maximum Gasteiger partial charge on any atom is 0.468 e. The quantitative estimate of drug-likeness (QED) is 0.442. The van der Waals surface area contributed by atoms with Gasteiger partial charge in [0.2, 0.25) is 0 Å². The van der Waals surface area contributed by atoms with Gasteiger partial charge in [0.25, 0.3) is 0 Å². The average molecular weight is 141 g/mol. The number of rotatable bonds is 1. The van der Waals surface area contributed by atoms with Gasteiger partial charge in [0.05, 0.1) is 0 Å². The molecule has 1 heterocycles. The summed E-state index contributed by atoms with van der Waals surface area (Å²) in [5.74, 6) is -0.705. The Balaban J connectivity index is 3.00. The third-order valence-electron chi connectivity index (χ3n) is 0.788. The fourth-order valence-electron chi connectivity index (χ4n) is 0.409. The molecule has 0 unspecified atom stereocenters. The second-order valence-electron chi connectivity index (χ2n) is 1.50. The molecule has 6 nitrogen and oxygen atoms in total. The van der Waals surface area contributed by atoms with Gasteiger partial charge in [-0.2, -0.15) is 0 Å². The van der Waals surface area contributed by atoms with E-state index in [2.05, 4.69) is 9.97 Å². The van der Waals surface area contributed by atoms with Crippen molar-refractivity contribution in [1.82, 2.24) is 9.97 Å². The number of hydrogen-bond donors (Lipinski definition) is 1. The van der Waals surface area contributed by atoms with Crippen LogP contribution in [-0.2, 0) is 0 Å². The molecule has 0 amide bonds. The highest BCUT2D eigenvalue weighted by atomic mass is 16.6. The maximum atomic E-state index is 9.91. The van der Waals surface area contributed by atoms with Crippen molar-refractivity contribution in [2.75, 3.05) is 0 Å². The molecule has 0 aliphatic rings. The van der Waals surface area contributed by atoms with E-state index in [1.807, 2.05) is 0 Å². The Labute approximate surface area is 55.3 Å².